The molecule has 1 aromatic rings. The van der Waals surface area contributed by atoms with E-state index in [9.17, 15) is 17.6 Å². The van der Waals surface area contributed by atoms with Crippen LogP contribution < -0.4 is 4.74 Å². The van der Waals surface area contributed by atoms with Crippen LogP contribution in [0.1, 0.15) is 17.4 Å². The monoisotopic (exact) mass is 287 g/mol. The standard InChI is InChI=1S/C8H6BrF4NO/c1-4(9)6-2-7(5(10)3-14-6)15-8(11,12)13/h2-4H,1H3. The van der Waals surface area contributed by atoms with Crippen molar-refractivity contribution in [3.8, 4) is 5.75 Å². The molecule has 0 bridgehead atoms. The summed E-state index contributed by atoms with van der Waals surface area (Å²) >= 11 is 3.10. The Morgan fingerprint density at radius 3 is 2.53 bits per heavy atom. The molecule has 1 heterocycles. The quantitative estimate of drug-likeness (QED) is 0.613. The Kier molecular flexibility index (Phi) is 3.54. The van der Waals surface area contributed by atoms with E-state index in [-0.39, 0.29) is 10.5 Å². The molecule has 0 aliphatic rings. The summed E-state index contributed by atoms with van der Waals surface area (Å²) in [6, 6.07) is 0.905. The first-order chi connectivity index (χ1) is 6.79. The van der Waals surface area contributed by atoms with E-state index in [1.165, 1.54) is 0 Å². The Hall–Kier alpha value is -0.850. The van der Waals surface area contributed by atoms with E-state index in [2.05, 4.69) is 25.7 Å². The molecule has 1 unspecified atom stereocenters. The fourth-order valence-corrected chi connectivity index (χ4v) is 1.11. The molecule has 0 spiro atoms. The van der Waals surface area contributed by atoms with Gasteiger partial charge in [0.05, 0.1) is 16.7 Å². The molecule has 0 amide bonds. The van der Waals surface area contributed by atoms with E-state index in [0.29, 0.717) is 6.20 Å². The largest absolute Gasteiger partial charge is 0.573 e. The fraction of sp³-hybridized carbons (Fsp3) is 0.375. The molecule has 0 saturated heterocycles. The topological polar surface area (TPSA) is 22.1 Å². The van der Waals surface area contributed by atoms with Crippen molar-refractivity contribution in [2.75, 3.05) is 0 Å². The maximum absolute atomic E-state index is 12.9. The molecule has 1 atom stereocenters. The first kappa shape index (κ1) is 12.2. The van der Waals surface area contributed by atoms with E-state index >= 15 is 0 Å². The molecule has 1 aromatic heterocycles. The molecule has 0 fully saturated rings. The lowest BCUT2D eigenvalue weighted by atomic mass is 10.3. The Morgan fingerprint density at radius 2 is 2.07 bits per heavy atom. The average Bonchev–Trinajstić information content (AvgIpc) is 2.06. The van der Waals surface area contributed by atoms with Crippen LogP contribution in [0.4, 0.5) is 17.6 Å². The Labute approximate surface area is 91.4 Å². The smallest absolute Gasteiger partial charge is 0.403 e. The number of pyridine rings is 1. The van der Waals surface area contributed by atoms with Gasteiger partial charge < -0.3 is 4.74 Å². The third kappa shape index (κ3) is 3.65. The number of ether oxygens (including phenoxy) is 1. The average molecular weight is 288 g/mol. The summed E-state index contributed by atoms with van der Waals surface area (Å²) in [6.45, 7) is 1.65. The highest BCUT2D eigenvalue weighted by molar-refractivity contribution is 9.09. The van der Waals surface area contributed by atoms with Crippen LogP contribution in [-0.4, -0.2) is 11.3 Å². The summed E-state index contributed by atoms with van der Waals surface area (Å²) in [7, 11) is 0. The first-order valence-corrected chi connectivity index (χ1v) is 4.76. The molecule has 2 nitrogen and oxygen atoms in total. The normalized spacial score (nSPS) is 13.7. The van der Waals surface area contributed by atoms with Crippen molar-refractivity contribution in [1.82, 2.24) is 4.98 Å². The molecular formula is C8H6BrF4NO. The van der Waals surface area contributed by atoms with Gasteiger partial charge in [-0.05, 0) is 6.92 Å². The van der Waals surface area contributed by atoms with Crippen LogP contribution in [0.15, 0.2) is 12.3 Å². The van der Waals surface area contributed by atoms with Crippen LogP contribution in [0.2, 0.25) is 0 Å². The zero-order valence-corrected chi connectivity index (χ0v) is 9.06. The van der Waals surface area contributed by atoms with E-state index < -0.39 is 17.9 Å². The zero-order valence-electron chi connectivity index (χ0n) is 7.48. The first-order valence-electron chi connectivity index (χ1n) is 3.85. The minimum Gasteiger partial charge on any atom is -0.403 e. The van der Waals surface area contributed by atoms with E-state index in [1.54, 1.807) is 6.92 Å². The lowest BCUT2D eigenvalue weighted by Crippen LogP contribution is -2.18. The second-order valence-electron chi connectivity index (χ2n) is 2.70. The number of rotatable bonds is 2. The SMILES string of the molecule is CC(Br)c1cc(OC(F)(F)F)c(F)cn1. The van der Waals surface area contributed by atoms with Gasteiger partial charge in [-0.15, -0.1) is 13.2 Å². The van der Waals surface area contributed by atoms with Gasteiger partial charge in [0.1, 0.15) is 0 Å². The van der Waals surface area contributed by atoms with E-state index in [1.807, 2.05) is 0 Å². The van der Waals surface area contributed by atoms with Gasteiger partial charge in [0, 0.05) is 6.07 Å². The molecule has 0 radical (unpaired) electrons. The van der Waals surface area contributed by atoms with Gasteiger partial charge in [0.25, 0.3) is 0 Å². The van der Waals surface area contributed by atoms with Gasteiger partial charge in [-0.1, -0.05) is 15.9 Å². The Morgan fingerprint density at radius 1 is 1.47 bits per heavy atom. The van der Waals surface area contributed by atoms with Crippen LogP contribution in [-0.2, 0) is 0 Å². The molecule has 84 valence electrons. The number of alkyl halides is 4. The van der Waals surface area contributed by atoms with Crippen LogP contribution in [0.25, 0.3) is 0 Å². The van der Waals surface area contributed by atoms with Gasteiger partial charge >= 0.3 is 6.36 Å². The lowest BCUT2D eigenvalue weighted by Gasteiger charge is -2.11. The number of hydrogen-bond donors (Lipinski definition) is 0. The zero-order chi connectivity index (χ0) is 11.6. The molecular weight excluding hydrogens is 282 g/mol. The molecule has 0 N–H and O–H groups in total. The van der Waals surface area contributed by atoms with Gasteiger partial charge in [-0.25, -0.2) is 4.39 Å². The highest BCUT2D eigenvalue weighted by atomic mass is 79.9. The summed E-state index contributed by atoms with van der Waals surface area (Å²) in [5, 5.41) is 0. The minimum absolute atomic E-state index is 0.260. The van der Waals surface area contributed by atoms with Gasteiger partial charge in [-0.2, -0.15) is 0 Å². The minimum atomic E-state index is -4.91. The summed E-state index contributed by atoms with van der Waals surface area (Å²) < 4.78 is 51.8. The number of aromatic nitrogens is 1. The summed E-state index contributed by atoms with van der Waals surface area (Å²) in [5.74, 6) is -2.02. The predicted molar refractivity (Wildman–Crippen MR) is 48.2 cm³/mol. The number of hydrogen-bond acceptors (Lipinski definition) is 2. The van der Waals surface area contributed by atoms with Crippen LogP contribution in [0, 0.1) is 5.82 Å². The van der Waals surface area contributed by atoms with Gasteiger partial charge in [0.2, 0.25) is 0 Å². The molecule has 15 heavy (non-hydrogen) atoms. The molecule has 0 aromatic carbocycles. The highest BCUT2D eigenvalue weighted by Crippen LogP contribution is 2.29. The second-order valence-corrected chi connectivity index (χ2v) is 4.08. The van der Waals surface area contributed by atoms with Crippen molar-refractivity contribution in [2.45, 2.75) is 18.1 Å². The maximum atomic E-state index is 12.9. The van der Waals surface area contributed by atoms with Crippen molar-refractivity contribution in [1.29, 1.82) is 0 Å². The highest BCUT2D eigenvalue weighted by Gasteiger charge is 2.32. The van der Waals surface area contributed by atoms with Crippen molar-refractivity contribution < 1.29 is 22.3 Å². The molecule has 0 aliphatic carbocycles. The molecule has 0 aliphatic heterocycles. The van der Waals surface area contributed by atoms with Crippen molar-refractivity contribution in [2.24, 2.45) is 0 Å². The number of nitrogens with zero attached hydrogens (tertiary/aromatic N) is 1. The molecule has 0 saturated carbocycles. The summed E-state index contributed by atoms with van der Waals surface area (Å²) in [6.07, 6.45) is -4.22. The lowest BCUT2D eigenvalue weighted by molar-refractivity contribution is -0.275. The third-order valence-corrected chi connectivity index (χ3v) is 1.94. The Bertz CT molecular complexity index is 353. The second kappa shape index (κ2) is 4.34. The third-order valence-electron chi connectivity index (χ3n) is 1.47. The van der Waals surface area contributed by atoms with Crippen LogP contribution in [0.3, 0.4) is 0 Å². The fourth-order valence-electron chi connectivity index (χ4n) is 0.856. The van der Waals surface area contributed by atoms with E-state index in [0.717, 1.165) is 6.07 Å². The van der Waals surface area contributed by atoms with Crippen molar-refractivity contribution in [3.05, 3.63) is 23.8 Å². The van der Waals surface area contributed by atoms with Crippen LogP contribution in [0.5, 0.6) is 5.75 Å². The van der Waals surface area contributed by atoms with Crippen molar-refractivity contribution in [3.63, 3.8) is 0 Å². The van der Waals surface area contributed by atoms with Crippen molar-refractivity contribution >= 4 is 15.9 Å². The molecule has 1 rings (SSSR count). The predicted octanol–water partition coefficient (Wildman–Crippen LogP) is 3.58. The number of halogens is 5. The summed E-state index contributed by atoms with van der Waals surface area (Å²) in [4.78, 5) is 3.32. The summed E-state index contributed by atoms with van der Waals surface area (Å²) in [5.41, 5.74) is 0.260. The Balaban J connectivity index is 3.01. The van der Waals surface area contributed by atoms with Crippen LogP contribution >= 0.6 is 15.9 Å². The van der Waals surface area contributed by atoms with Gasteiger partial charge in [-0.3, -0.25) is 4.98 Å². The molecule has 7 heteroatoms. The maximum Gasteiger partial charge on any atom is 0.573 e. The van der Waals surface area contributed by atoms with Gasteiger partial charge in [0.15, 0.2) is 11.6 Å². The van der Waals surface area contributed by atoms with E-state index in [4.69, 9.17) is 0 Å².